The molecule has 0 atom stereocenters. The van der Waals surface area contributed by atoms with Gasteiger partial charge >= 0.3 is 5.97 Å². The molecule has 0 bridgehead atoms. The van der Waals surface area contributed by atoms with Gasteiger partial charge in [-0.15, -0.1) is 0 Å². The Morgan fingerprint density at radius 1 is 1.04 bits per heavy atom. The zero-order chi connectivity index (χ0) is 18.7. The van der Waals surface area contributed by atoms with Gasteiger partial charge in [-0.3, -0.25) is 4.90 Å². The normalized spacial score (nSPS) is 16.5. The molecule has 0 amide bonds. The second-order valence-corrected chi connectivity index (χ2v) is 8.51. The summed E-state index contributed by atoms with van der Waals surface area (Å²) in [5.41, 5.74) is 1.16. The van der Waals surface area contributed by atoms with Crippen LogP contribution in [-0.4, -0.2) is 54.9 Å². The molecular formula is C18H19ClN2O4S. The Balaban J connectivity index is 1.63. The monoisotopic (exact) mass is 394 g/mol. The van der Waals surface area contributed by atoms with Crippen LogP contribution in [0.1, 0.15) is 15.9 Å². The van der Waals surface area contributed by atoms with Crippen LogP contribution in [0.3, 0.4) is 0 Å². The lowest BCUT2D eigenvalue weighted by molar-refractivity contribution is 0.0696. The first kappa shape index (κ1) is 18.8. The van der Waals surface area contributed by atoms with Crippen LogP contribution in [0, 0.1) is 0 Å². The summed E-state index contributed by atoms with van der Waals surface area (Å²) in [6, 6.07) is 13.0. The number of carboxylic acid groups (broad SMARTS) is 1. The summed E-state index contributed by atoms with van der Waals surface area (Å²) in [7, 11) is -3.52. The van der Waals surface area contributed by atoms with E-state index in [9.17, 15) is 13.2 Å². The maximum atomic E-state index is 12.7. The predicted octanol–water partition coefficient (Wildman–Crippen LogP) is 2.54. The largest absolute Gasteiger partial charge is 0.478 e. The van der Waals surface area contributed by atoms with E-state index in [1.54, 1.807) is 30.3 Å². The first-order valence-electron chi connectivity index (χ1n) is 8.16. The van der Waals surface area contributed by atoms with Crippen LogP contribution in [-0.2, 0) is 16.6 Å². The van der Waals surface area contributed by atoms with Gasteiger partial charge < -0.3 is 5.11 Å². The lowest BCUT2D eigenvalue weighted by Crippen LogP contribution is -2.48. The maximum Gasteiger partial charge on any atom is 0.335 e. The first-order chi connectivity index (χ1) is 12.4. The highest BCUT2D eigenvalue weighted by Gasteiger charge is 2.28. The second-order valence-electron chi connectivity index (χ2n) is 6.14. The number of benzene rings is 2. The number of rotatable bonds is 5. The second kappa shape index (κ2) is 7.75. The number of piperazine rings is 1. The van der Waals surface area contributed by atoms with Gasteiger partial charge in [0.25, 0.3) is 0 Å². The zero-order valence-corrected chi connectivity index (χ0v) is 15.6. The Morgan fingerprint density at radius 2 is 1.69 bits per heavy atom. The van der Waals surface area contributed by atoms with Gasteiger partial charge in [0.1, 0.15) is 0 Å². The van der Waals surface area contributed by atoms with Crippen LogP contribution < -0.4 is 0 Å². The summed E-state index contributed by atoms with van der Waals surface area (Å²) in [5, 5.41) is 9.57. The third kappa shape index (κ3) is 4.24. The molecule has 1 fully saturated rings. The van der Waals surface area contributed by atoms with Crippen molar-refractivity contribution >= 4 is 27.6 Å². The number of nitrogens with zero attached hydrogens (tertiary/aromatic N) is 2. The van der Waals surface area contributed by atoms with Crippen molar-refractivity contribution in [3.05, 3.63) is 64.7 Å². The van der Waals surface area contributed by atoms with Crippen molar-refractivity contribution in [1.29, 1.82) is 0 Å². The molecule has 1 aliphatic rings. The van der Waals surface area contributed by atoms with E-state index >= 15 is 0 Å². The molecule has 0 radical (unpaired) electrons. The minimum absolute atomic E-state index is 0.240. The fraction of sp³-hybridized carbons (Fsp3) is 0.278. The van der Waals surface area contributed by atoms with Gasteiger partial charge in [-0.1, -0.05) is 23.7 Å². The molecule has 0 spiro atoms. The Kier molecular flexibility index (Phi) is 5.62. The van der Waals surface area contributed by atoms with Gasteiger partial charge in [0, 0.05) is 37.7 Å². The first-order valence-corrected chi connectivity index (χ1v) is 9.98. The number of aromatic carboxylic acids is 1. The van der Waals surface area contributed by atoms with Crippen molar-refractivity contribution in [1.82, 2.24) is 9.21 Å². The van der Waals surface area contributed by atoms with Crippen LogP contribution in [0.5, 0.6) is 0 Å². The Morgan fingerprint density at radius 3 is 2.31 bits per heavy atom. The summed E-state index contributed by atoms with van der Waals surface area (Å²) in [4.78, 5) is 13.4. The van der Waals surface area contributed by atoms with E-state index in [4.69, 9.17) is 16.7 Å². The molecule has 6 nitrogen and oxygen atoms in total. The number of carbonyl (C=O) groups is 1. The number of sulfonamides is 1. The average Bonchev–Trinajstić information content (AvgIpc) is 2.63. The molecular weight excluding hydrogens is 376 g/mol. The van der Waals surface area contributed by atoms with E-state index in [-0.39, 0.29) is 10.5 Å². The molecule has 3 rings (SSSR count). The smallest absolute Gasteiger partial charge is 0.335 e. The van der Waals surface area contributed by atoms with Gasteiger partial charge in [0.2, 0.25) is 10.0 Å². The molecule has 2 aromatic rings. The Hall–Kier alpha value is -1.93. The van der Waals surface area contributed by atoms with Gasteiger partial charge in [-0.05, 0) is 42.0 Å². The molecule has 26 heavy (non-hydrogen) atoms. The lowest BCUT2D eigenvalue weighted by Gasteiger charge is -2.34. The minimum atomic E-state index is -3.52. The molecule has 0 aliphatic carbocycles. The fourth-order valence-corrected chi connectivity index (χ4v) is 4.49. The van der Waals surface area contributed by atoms with Gasteiger partial charge in [0.05, 0.1) is 10.5 Å². The Labute approximate surface area is 157 Å². The molecule has 0 aromatic heterocycles. The number of hydrogen-bond donors (Lipinski definition) is 1. The van der Waals surface area contributed by atoms with Crippen LogP contribution in [0.4, 0.5) is 0 Å². The minimum Gasteiger partial charge on any atom is -0.478 e. The lowest BCUT2D eigenvalue weighted by atomic mass is 10.1. The van der Waals surface area contributed by atoms with Crippen molar-refractivity contribution in [2.24, 2.45) is 0 Å². The third-order valence-electron chi connectivity index (χ3n) is 4.36. The maximum absolute atomic E-state index is 12.7. The molecule has 1 aliphatic heterocycles. The van der Waals surface area contributed by atoms with E-state index in [0.29, 0.717) is 37.7 Å². The van der Waals surface area contributed by atoms with Crippen molar-refractivity contribution in [3.63, 3.8) is 0 Å². The summed E-state index contributed by atoms with van der Waals surface area (Å²) in [6.07, 6.45) is 0. The Bertz CT molecular complexity index is 892. The van der Waals surface area contributed by atoms with Gasteiger partial charge in [0.15, 0.2) is 0 Å². The molecule has 1 saturated heterocycles. The van der Waals surface area contributed by atoms with Crippen molar-refractivity contribution in [2.75, 3.05) is 26.2 Å². The van der Waals surface area contributed by atoms with Crippen LogP contribution in [0.25, 0.3) is 0 Å². The summed E-state index contributed by atoms with van der Waals surface area (Å²) >= 11 is 5.82. The quantitative estimate of drug-likeness (QED) is 0.843. The molecule has 0 unspecified atom stereocenters. The van der Waals surface area contributed by atoms with Gasteiger partial charge in [-0.25, -0.2) is 13.2 Å². The number of carboxylic acids is 1. The molecule has 0 saturated carbocycles. The van der Waals surface area contributed by atoms with Gasteiger partial charge in [-0.2, -0.15) is 4.31 Å². The molecule has 138 valence electrons. The predicted molar refractivity (Wildman–Crippen MR) is 98.9 cm³/mol. The van der Waals surface area contributed by atoms with Crippen molar-refractivity contribution in [2.45, 2.75) is 11.4 Å². The summed E-state index contributed by atoms with van der Waals surface area (Å²) < 4.78 is 26.8. The molecule has 8 heteroatoms. The van der Waals surface area contributed by atoms with E-state index in [1.165, 1.54) is 16.4 Å². The molecule has 2 aromatic carbocycles. The highest BCUT2D eigenvalue weighted by Crippen LogP contribution is 2.20. The summed E-state index contributed by atoms with van der Waals surface area (Å²) in [5.74, 6) is -0.953. The fourth-order valence-electron chi connectivity index (χ4n) is 2.94. The standard InChI is InChI=1S/C18H19ClN2O4S/c19-16-4-6-17(7-5-16)26(24,25)21-10-8-20(9-11-21)13-14-2-1-3-15(12-14)18(22)23/h1-7,12H,8-11,13H2,(H,22,23). The SMILES string of the molecule is O=C(O)c1cccc(CN2CCN(S(=O)(=O)c3ccc(Cl)cc3)CC2)c1. The van der Waals surface area contributed by atoms with Crippen molar-refractivity contribution in [3.8, 4) is 0 Å². The highest BCUT2D eigenvalue weighted by molar-refractivity contribution is 7.89. The van der Waals surface area contributed by atoms with Crippen LogP contribution in [0.15, 0.2) is 53.4 Å². The molecule has 1 heterocycles. The topological polar surface area (TPSA) is 77.9 Å². The van der Waals surface area contributed by atoms with E-state index < -0.39 is 16.0 Å². The van der Waals surface area contributed by atoms with Crippen LogP contribution in [0.2, 0.25) is 5.02 Å². The third-order valence-corrected chi connectivity index (χ3v) is 6.53. The van der Waals surface area contributed by atoms with E-state index in [1.807, 2.05) is 6.07 Å². The van der Waals surface area contributed by atoms with E-state index in [0.717, 1.165) is 5.56 Å². The van der Waals surface area contributed by atoms with E-state index in [2.05, 4.69) is 4.90 Å². The zero-order valence-electron chi connectivity index (χ0n) is 14.0. The summed E-state index contributed by atoms with van der Waals surface area (Å²) in [6.45, 7) is 2.55. The highest BCUT2D eigenvalue weighted by atomic mass is 35.5. The number of hydrogen-bond acceptors (Lipinski definition) is 4. The number of halogens is 1. The molecule has 1 N–H and O–H groups in total. The van der Waals surface area contributed by atoms with Crippen LogP contribution >= 0.6 is 11.6 Å². The average molecular weight is 395 g/mol. The van der Waals surface area contributed by atoms with Crippen molar-refractivity contribution < 1.29 is 18.3 Å².